The number of likely N-dealkylation sites (tertiary alicyclic amines) is 1. The van der Waals surface area contributed by atoms with Gasteiger partial charge < -0.3 is 14.5 Å². The Morgan fingerprint density at radius 2 is 1.93 bits per heavy atom. The van der Waals surface area contributed by atoms with Gasteiger partial charge in [-0.15, -0.1) is 11.3 Å². The van der Waals surface area contributed by atoms with Crippen LogP contribution in [-0.2, 0) is 4.74 Å². The monoisotopic (exact) mass is 408 g/mol. The molecule has 0 saturated carbocycles. The maximum absolute atomic E-state index is 6.03. The molecule has 0 unspecified atom stereocenters. The van der Waals surface area contributed by atoms with Crippen molar-refractivity contribution >= 4 is 27.4 Å². The van der Waals surface area contributed by atoms with E-state index >= 15 is 0 Å². The molecule has 0 bridgehead atoms. The first-order valence-corrected chi connectivity index (χ1v) is 11.6. The number of nitrogens with zero attached hydrogens (tertiary/aromatic N) is 4. The van der Waals surface area contributed by atoms with Crippen LogP contribution in [0.2, 0.25) is 0 Å². The standard InChI is InChI=1S/C23H28N4OS/c1-2-6-19(7-3-1)20-16-29-23-21(20)22(24-17-25-23)27-11-8-18(14-27)15-28-13-12-26-9-4-5-10-26/h1-3,6-7,16-18H,4-5,8-15H2/t18-/m0/s1. The van der Waals surface area contributed by atoms with Crippen LogP contribution in [-0.4, -0.2) is 60.8 Å². The van der Waals surface area contributed by atoms with Crippen molar-refractivity contribution in [2.75, 3.05) is 50.8 Å². The number of rotatable bonds is 7. The van der Waals surface area contributed by atoms with Crippen molar-refractivity contribution in [1.82, 2.24) is 14.9 Å². The quantitative estimate of drug-likeness (QED) is 0.545. The summed E-state index contributed by atoms with van der Waals surface area (Å²) in [7, 11) is 0. The Kier molecular flexibility index (Phi) is 5.74. The molecule has 5 nitrogen and oxygen atoms in total. The van der Waals surface area contributed by atoms with Crippen LogP contribution in [0.3, 0.4) is 0 Å². The second-order valence-electron chi connectivity index (χ2n) is 8.12. The zero-order valence-corrected chi connectivity index (χ0v) is 17.6. The number of aromatic nitrogens is 2. The first-order valence-electron chi connectivity index (χ1n) is 10.7. The van der Waals surface area contributed by atoms with E-state index < -0.39 is 0 Å². The van der Waals surface area contributed by atoms with Crippen molar-refractivity contribution in [2.24, 2.45) is 5.92 Å². The molecule has 152 valence electrons. The lowest BCUT2D eigenvalue weighted by molar-refractivity contribution is 0.0877. The molecule has 3 aromatic rings. The summed E-state index contributed by atoms with van der Waals surface area (Å²) in [4.78, 5) is 15.2. The third-order valence-electron chi connectivity index (χ3n) is 6.12. The fourth-order valence-corrected chi connectivity index (χ4v) is 5.45. The number of anilines is 1. The van der Waals surface area contributed by atoms with Crippen molar-refractivity contribution in [3.05, 3.63) is 42.0 Å². The van der Waals surface area contributed by atoms with Crippen LogP contribution in [0, 0.1) is 5.92 Å². The molecule has 2 aliphatic rings. The highest BCUT2D eigenvalue weighted by molar-refractivity contribution is 7.17. The van der Waals surface area contributed by atoms with Crippen LogP contribution in [0.4, 0.5) is 5.82 Å². The summed E-state index contributed by atoms with van der Waals surface area (Å²) in [5.74, 6) is 1.66. The van der Waals surface area contributed by atoms with Crippen LogP contribution < -0.4 is 4.90 Å². The minimum atomic E-state index is 0.581. The maximum atomic E-state index is 6.03. The number of ether oxygens (including phenoxy) is 1. The SMILES string of the molecule is c1ccc(-c2csc3ncnc(N4CC[C@H](COCCN5CCCC5)C4)c23)cc1. The summed E-state index contributed by atoms with van der Waals surface area (Å²) in [5, 5.41) is 3.41. The smallest absolute Gasteiger partial charge is 0.141 e. The predicted octanol–water partition coefficient (Wildman–Crippen LogP) is 4.30. The number of benzene rings is 1. The van der Waals surface area contributed by atoms with Gasteiger partial charge in [0, 0.05) is 36.5 Å². The average molecular weight is 409 g/mol. The second-order valence-corrected chi connectivity index (χ2v) is 8.98. The van der Waals surface area contributed by atoms with Crippen molar-refractivity contribution in [1.29, 1.82) is 0 Å². The minimum absolute atomic E-state index is 0.581. The number of fused-ring (bicyclic) bond motifs is 1. The molecule has 0 amide bonds. The van der Waals surface area contributed by atoms with Crippen molar-refractivity contribution in [3.63, 3.8) is 0 Å². The molecule has 1 atom stereocenters. The Bertz CT molecular complexity index is 938. The summed E-state index contributed by atoms with van der Waals surface area (Å²) in [6.07, 6.45) is 5.57. The fraction of sp³-hybridized carbons (Fsp3) is 0.478. The van der Waals surface area contributed by atoms with Gasteiger partial charge in [0.25, 0.3) is 0 Å². The zero-order chi connectivity index (χ0) is 19.5. The van der Waals surface area contributed by atoms with E-state index in [1.807, 2.05) is 0 Å². The molecule has 2 saturated heterocycles. The molecule has 2 fully saturated rings. The summed E-state index contributed by atoms with van der Waals surface area (Å²) in [6, 6.07) is 10.6. The Balaban J connectivity index is 1.26. The van der Waals surface area contributed by atoms with Crippen LogP contribution in [0.5, 0.6) is 0 Å². The Labute approximate surface area is 176 Å². The number of hydrogen-bond donors (Lipinski definition) is 0. The number of hydrogen-bond acceptors (Lipinski definition) is 6. The van der Waals surface area contributed by atoms with Gasteiger partial charge in [0.1, 0.15) is 17.0 Å². The molecule has 0 radical (unpaired) electrons. The van der Waals surface area contributed by atoms with Crippen molar-refractivity contribution < 1.29 is 4.74 Å². The zero-order valence-electron chi connectivity index (χ0n) is 16.8. The van der Waals surface area contributed by atoms with E-state index in [9.17, 15) is 0 Å². The lowest BCUT2D eigenvalue weighted by atomic mass is 10.1. The van der Waals surface area contributed by atoms with Crippen LogP contribution in [0.25, 0.3) is 21.3 Å². The highest BCUT2D eigenvalue weighted by Crippen LogP contribution is 2.39. The molecular formula is C23H28N4OS. The van der Waals surface area contributed by atoms with Gasteiger partial charge in [0.05, 0.1) is 18.6 Å². The highest BCUT2D eigenvalue weighted by Gasteiger charge is 2.26. The van der Waals surface area contributed by atoms with E-state index in [2.05, 4.69) is 50.5 Å². The van der Waals surface area contributed by atoms with Gasteiger partial charge in [-0.05, 0) is 37.9 Å². The third-order valence-corrected chi connectivity index (χ3v) is 7.01. The molecule has 2 aromatic heterocycles. The third kappa shape index (κ3) is 4.15. The van der Waals surface area contributed by atoms with E-state index in [4.69, 9.17) is 9.72 Å². The molecule has 0 spiro atoms. The summed E-state index contributed by atoms with van der Waals surface area (Å²) in [6.45, 7) is 7.34. The first kappa shape index (κ1) is 19.0. The van der Waals surface area contributed by atoms with Gasteiger partial charge in [-0.1, -0.05) is 30.3 Å². The fourth-order valence-electron chi connectivity index (χ4n) is 4.54. The van der Waals surface area contributed by atoms with E-state index in [1.54, 1.807) is 17.7 Å². The van der Waals surface area contributed by atoms with E-state index in [1.165, 1.54) is 48.9 Å². The Morgan fingerprint density at radius 1 is 1.07 bits per heavy atom. The predicted molar refractivity (Wildman–Crippen MR) is 120 cm³/mol. The summed E-state index contributed by atoms with van der Waals surface area (Å²) in [5.41, 5.74) is 2.47. The molecular weight excluding hydrogens is 380 g/mol. The molecule has 0 aliphatic carbocycles. The first-order chi connectivity index (χ1) is 14.4. The molecule has 1 aromatic carbocycles. The highest BCUT2D eigenvalue weighted by atomic mass is 32.1. The van der Waals surface area contributed by atoms with Gasteiger partial charge in [0.2, 0.25) is 0 Å². The van der Waals surface area contributed by atoms with Crippen LogP contribution in [0.15, 0.2) is 42.0 Å². The lowest BCUT2D eigenvalue weighted by Crippen LogP contribution is -2.26. The second kappa shape index (κ2) is 8.78. The van der Waals surface area contributed by atoms with Crippen LogP contribution >= 0.6 is 11.3 Å². The molecule has 0 N–H and O–H groups in total. The Morgan fingerprint density at radius 3 is 2.79 bits per heavy atom. The van der Waals surface area contributed by atoms with E-state index in [0.717, 1.165) is 43.5 Å². The number of thiophene rings is 1. The van der Waals surface area contributed by atoms with Gasteiger partial charge in [-0.25, -0.2) is 9.97 Å². The average Bonchev–Trinajstić information content (AvgIpc) is 3.52. The van der Waals surface area contributed by atoms with Gasteiger partial charge in [-0.3, -0.25) is 0 Å². The maximum Gasteiger partial charge on any atom is 0.141 e. The lowest BCUT2D eigenvalue weighted by Gasteiger charge is -2.19. The minimum Gasteiger partial charge on any atom is -0.380 e. The molecule has 4 heterocycles. The summed E-state index contributed by atoms with van der Waals surface area (Å²) >= 11 is 1.70. The van der Waals surface area contributed by atoms with Gasteiger partial charge in [-0.2, -0.15) is 0 Å². The molecule has 2 aliphatic heterocycles. The molecule has 29 heavy (non-hydrogen) atoms. The Hall–Kier alpha value is -2.02. The van der Waals surface area contributed by atoms with Gasteiger partial charge in [0.15, 0.2) is 0 Å². The van der Waals surface area contributed by atoms with E-state index in [-0.39, 0.29) is 0 Å². The molecule has 6 heteroatoms. The summed E-state index contributed by atoms with van der Waals surface area (Å²) < 4.78 is 6.03. The molecule has 5 rings (SSSR count). The van der Waals surface area contributed by atoms with Gasteiger partial charge >= 0.3 is 0 Å². The largest absolute Gasteiger partial charge is 0.380 e. The van der Waals surface area contributed by atoms with E-state index in [0.29, 0.717) is 5.92 Å². The van der Waals surface area contributed by atoms with Crippen molar-refractivity contribution in [2.45, 2.75) is 19.3 Å². The topological polar surface area (TPSA) is 41.5 Å². The van der Waals surface area contributed by atoms with Crippen LogP contribution in [0.1, 0.15) is 19.3 Å². The normalized spacial score (nSPS) is 20.1. The van der Waals surface area contributed by atoms with Crippen molar-refractivity contribution in [3.8, 4) is 11.1 Å².